The van der Waals surface area contributed by atoms with E-state index in [-0.39, 0.29) is 12.5 Å². The third-order valence-electron chi connectivity index (χ3n) is 5.18. The van der Waals surface area contributed by atoms with E-state index in [0.29, 0.717) is 11.3 Å². The molecule has 172 valence electrons. The summed E-state index contributed by atoms with van der Waals surface area (Å²) in [7, 11) is 0.416. The number of amides is 1. The Morgan fingerprint density at radius 1 is 0.939 bits per heavy atom. The third kappa shape index (κ3) is 6.43. The lowest BCUT2D eigenvalue weighted by molar-refractivity contribution is 0.0955. The van der Waals surface area contributed by atoms with Crippen molar-refractivity contribution in [1.82, 2.24) is 5.43 Å². The topological polar surface area (TPSA) is 82.1 Å². The lowest BCUT2D eigenvalue weighted by Gasteiger charge is -2.23. The number of sulfonamides is 1. The van der Waals surface area contributed by atoms with E-state index in [1.54, 1.807) is 30.5 Å². The van der Waals surface area contributed by atoms with Crippen molar-refractivity contribution in [1.29, 1.82) is 0 Å². The first-order valence-corrected chi connectivity index (χ1v) is 12.2. The van der Waals surface area contributed by atoms with Crippen molar-refractivity contribution in [2.45, 2.75) is 13.5 Å². The number of aryl methyl sites for hydroxylation is 1. The first-order valence-electron chi connectivity index (χ1n) is 10.4. The number of hydrogen-bond donors (Lipinski definition) is 1. The van der Waals surface area contributed by atoms with Gasteiger partial charge in [-0.1, -0.05) is 36.4 Å². The van der Waals surface area contributed by atoms with E-state index >= 15 is 0 Å². The van der Waals surface area contributed by atoms with E-state index in [9.17, 15) is 13.2 Å². The predicted molar refractivity (Wildman–Crippen MR) is 134 cm³/mol. The molecule has 0 unspecified atom stereocenters. The maximum atomic E-state index is 12.4. The average molecular weight is 465 g/mol. The molecular formula is C25H28N4O3S. The summed E-state index contributed by atoms with van der Waals surface area (Å²) in [6.07, 6.45) is 2.74. The monoisotopic (exact) mass is 464 g/mol. The molecule has 0 bridgehead atoms. The number of hydrazone groups is 1. The quantitative estimate of drug-likeness (QED) is 0.406. The Hall–Kier alpha value is -3.65. The molecule has 0 aromatic heterocycles. The summed E-state index contributed by atoms with van der Waals surface area (Å²) in [6.45, 7) is 2.16. The molecule has 3 rings (SSSR count). The number of nitrogens with one attached hydrogen (secondary N) is 1. The fourth-order valence-corrected chi connectivity index (χ4v) is 4.09. The van der Waals surface area contributed by atoms with Gasteiger partial charge in [-0.2, -0.15) is 5.10 Å². The van der Waals surface area contributed by atoms with E-state index in [0.717, 1.165) is 22.4 Å². The second-order valence-electron chi connectivity index (χ2n) is 7.93. The van der Waals surface area contributed by atoms with Gasteiger partial charge in [0.2, 0.25) is 10.0 Å². The van der Waals surface area contributed by atoms with Crippen LogP contribution in [0, 0.1) is 6.92 Å². The van der Waals surface area contributed by atoms with Crippen molar-refractivity contribution in [3.63, 3.8) is 0 Å². The normalized spacial score (nSPS) is 11.4. The molecule has 3 aromatic carbocycles. The van der Waals surface area contributed by atoms with Crippen molar-refractivity contribution >= 4 is 33.5 Å². The number of benzene rings is 3. The number of hydrogen-bond acceptors (Lipinski definition) is 5. The van der Waals surface area contributed by atoms with Crippen molar-refractivity contribution in [2.24, 2.45) is 5.10 Å². The largest absolute Gasteiger partial charge is 0.378 e. The molecule has 0 radical (unpaired) electrons. The molecule has 0 atom stereocenters. The number of nitrogens with zero attached hydrogens (tertiary/aromatic N) is 3. The van der Waals surface area contributed by atoms with Crippen LogP contribution in [0.5, 0.6) is 0 Å². The molecule has 0 aliphatic heterocycles. The standard InChI is InChI=1S/C25H28N4O3S/c1-19-7-5-6-8-22(19)18-29(33(4,31)32)24-15-11-21(12-16-24)25(30)27-26-17-20-9-13-23(14-10-20)28(2)3/h5-17H,18H2,1-4H3,(H,27,30)/b26-17-. The predicted octanol–water partition coefficient (Wildman–Crippen LogP) is 3.79. The van der Waals surface area contributed by atoms with Crippen molar-refractivity contribution in [3.05, 3.63) is 95.1 Å². The van der Waals surface area contributed by atoms with Crippen molar-refractivity contribution in [2.75, 3.05) is 29.6 Å². The molecule has 3 aromatic rings. The van der Waals surface area contributed by atoms with Crippen LogP contribution in [0.15, 0.2) is 77.9 Å². The van der Waals surface area contributed by atoms with Gasteiger partial charge < -0.3 is 4.90 Å². The molecule has 7 nitrogen and oxygen atoms in total. The number of anilines is 2. The van der Waals surface area contributed by atoms with Crippen molar-refractivity contribution < 1.29 is 13.2 Å². The van der Waals surface area contributed by atoms with Crippen LogP contribution >= 0.6 is 0 Å². The van der Waals surface area contributed by atoms with Gasteiger partial charge in [0, 0.05) is 25.3 Å². The van der Waals surface area contributed by atoms with Gasteiger partial charge in [-0.15, -0.1) is 0 Å². The van der Waals surface area contributed by atoms with Crippen LogP contribution < -0.4 is 14.6 Å². The van der Waals surface area contributed by atoms with E-state index in [2.05, 4.69) is 10.5 Å². The van der Waals surface area contributed by atoms with Crippen molar-refractivity contribution in [3.8, 4) is 0 Å². The lowest BCUT2D eigenvalue weighted by Crippen LogP contribution is -2.29. The molecule has 0 aliphatic rings. The molecule has 0 spiro atoms. The summed E-state index contributed by atoms with van der Waals surface area (Å²) in [5.41, 5.74) is 7.22. The lowest BCUT2D eigenvalue weighted by atomic mass is 10.1. The second-order valence-corrected chi connectivity index (χ2v) is 9.83. The summed E-state index contributed by atoms with van der Waals surface area (Å²) >= 11 is 0. The van der Waals surface area contributed by atoms with E-state index in [1.165, 1.54) is 10.6 Å². The Morgan fingerprint density at radius 3 is 2.12 bits per heavy atom. The van der Waals surface area contributed by atoms with Crippen LogP contribution in [0.1, 0.15) is 27.0 Å². The minimum atomic E-state index is -3.51. The molecule has 0 saturated carbocycles. The maximum absolute atomic E-state index is 12.4. The van der Waals surface area contributed by atoms with Gasteiger partial charge in [-0.05, 0) is 60.0 Å². The molecule has 33 heavy (non-hydrogen) atoms. The minimum Gasteiger partial charge on any atom is -0.378 e. The van der Waals surface area contributed by atoms with Gasteiger partial charge in [-0.25, -0.2) is 13.8 Å². The van der Waals surface area contributed by atoms with Crippen LogP contribution in [-0.2, 0) is 16.6 Å². The second kappa shape index (κ2) is 10.3. The van der Waals surface area contributed by atoms with E-state index in [1.807, 2.05) is 74.4 Å². The summed E-state index contributed by atoms with van der Waals surface area (Å²) in [6, 6.07) is 21.8. The third-order valence-corrected chi connectivity index (χ3v) is 6.32. The Balaban J connectivity index is 1.69. The smallest absolute Gasteiger partial charge is 0.271 e. The molecule has 8 heteroatoms. The van der Waals surface area contributed by atoms with Gasteiger partial charge in [0.1, 0.15) is 0 Å². The molecule has 1 N–H and O–H groups in total. The first-order chi connectivity index (χ1) is 15.6. The van der Waals surface area contributed by atoms with Crippen LogP contribution in [0.4, 0.5) is 11.4 Å². The highest BCUT2D eigenvalue weighted by atomic mass is 32.2. The number of carbonyl (C=O) groups excluding carboxylic acids is 1. The SMILES string of the molecule is Cc1ccccc1CN(c1ccc(C(=O)N/N=C\c2ccc(N(C)C)cc2)cc1)S(C)(=O)=O. The zero-order valence-corrected chi connectivity index (χ0v) is 20.0. The summed E-state index contributed by atoms with van der Waals surface area (Å²) in [5, 5.41) is 4.01. The van der Waals surface area contributed by atoms with Gasteiger partial charge in [0.15, 0.2) is 0 Å². The molecule has 1 amide bonds. The Kier molecular flexibility index (Phi) is 7.50. The summed E-state index contributed by atoms with van der Waals surface area (Å²) in [5.74, 6) is -0.382. The minimum absolute atomic E-state index is 0.216. The van der Waals surface area contributed by atoms with Crippen LogP contribution in [0.2, 0.25) is 0 Å². The highest BCUT2D eigenvalue weighted by molar-refractivity contribution is 7.92. The van der Waals surface area contributed by atoms with Crippen LogP contribution in [-0.4, -0.2) is 40.9 Å². The van der Waals surface area contributed by atoms with Crippen LogP contribution in [0.3, 0.4) is 0 Å². The highest BCUT2D eigenvalue weighted by Crippen LogP contribution is 2.22. The highest BCUT2D eigenvalue weighted by Gasteiger charge is 2.19. The number of carbonyl (C=O) groups is 1. The first kappa shape index (κ1) is 24.0. The van der Waals surface area contributed by atoms with Gasteiger partial charge >= 0.3 is 0 Å². The molecule has 0 heterocycles. The Labute approximate surface area is 195 Å². The maximum Gasteiger partial charge on any atom is 0.271 e. The summed E-state index contributed by atoms with van der Waals surface area (Å²) < 4.78 is 26.2. The van der Waals surface area contributed by atoms with Gasteiger partial charge in [0.05, 0.1) is 24.7 Å². The fraction of sp³-hybridized carbons (Fsp3) is 0.200. The molecular weight excluding hydrogens is 436 g/mol. The van der Waals surface area contributed by atoms with E-state index in [4.69, 9.17) is 0 Å². The summed E-state index contributed by atoms with van der Waals surface area (Å²) in [4.78, 5) is 14.4. The zero-order chi connectivity index (χ0) is 24.0. The van der Waals surface area contributed by atoms with Gasteiger partial charge in [0.25, 0.3) is 5.91 Å². The average Bonchev–Trinajstić information content (AvgIpc) is 2.78. The number of rotatable bonds is 8. The Morgan fingerprint density at radius 2 is 1.55 bits per heavy atom. The molecule has 0 saturated heterocycles. The van der Waals surface area contributed by atoms with E-state index < -0.39 is 10.0 Å². The van der Waals surface area contributed by atoms with Crippen LogP contribution in [0.25, 0.3) is 0 Å². The molecule has 0 fully saturated rings. The Bertz CT molecular complexity index is 1240. The fourth-order valence-electron chi connectivity index (χ4n) is 3.21. The molecule has 0 aliphatic carbocycles. The zero-order valence-electron chi connectivity index (χ0n) is 19.2. The van der Waals surface area contributed by atoms with Gasteiger partial charge in [-0.3, -0.25) is 9.10 Å².